The van der Waals surface area contributed by atoms with Crippen molar-refractivity contribution in [2.45, 2.75) is 6.61 Å². The number of rotatable bonds is 4. The summed E-state index contributed by atoms with van der Waals surface area (Å²) in [5.74, 6) is 0.572. The van der Waals surface area contributed by atoms with E-state index in [2.05, 4.69) is 0 Å². The third-order valence-electron chi connectivity index (χ3n) is 2.39. The van der Waals surface area contributed by atoms with Crippen LogP contribution in [-0.2, 0) is 6.61 Å². The maximum absolute atomic E-state index is 10.8. The van der Waals surface area contributed by atoms with Gasteiger partial charge in [-0.3, -0.25) is 4.79 Å². The summed E-state index contributed by atoms with van der Waals surface area (Å²) < 4.78 is 5.58. The lowest BCUT2D eigenvalue weighted by Gasteiger charge is -2.09. The van der Waals surface area contributed by atoms with Gasteiger partial charge in [0.15, 0.2) is 6.29 Å². The second kappa shape index (κ2) is 5.51. The molecule has 0 bridgehead atoms. The predicted octanol–water partition coefficient (Wildman–Crippen LogP) is 3.73. The molecule has 2 nitrogen and oxygen atoms in total. The van der Waals surface area contributed by atoms with E-state index in [-0.39, 0.29) is 0 Å². The minimum atomic E-state index is 0.352. The van der Waals surface area contributed by atoms with Gasteiger partial charge in [-0.2, -0.15) is 0 Å². The number of hydrogen-bond donors (Lipinski definition) is 0. The van der Waals surface area contributed by atoms with Gasteiger partial charge in [-0.05, 0) is 18.2 Å². The van der Waals surface area contributed by atoms with Crippen molar-refractivity contribution in [3.63, 3.8) is 0 Å². The Morgan fingerprint density at radius 2 is 1.76 bits per heavy atom. The van der Waals surface area contributed by atoms with Crippen molar-refractivity contribution >= 4 is 17.9 Å². The fourth-order valence-electron chi connectivity index (χ4n) is 1.48. The van der Waals surface area contributed by atoms with Crippen molar-refractivity contribution in [2.24, 2.45) is 0 Å². The molecule has 0 N–H and O–H groups in total. The van der Waals surface area contributed by atoms with Gasteiger partial charge < -0.3 is 4.74 Å². The molecule has 0 spiro atoms. The molecule has 0 amide bonds. The molecular weight excluding hydrogens is 236 g/mol. The standard InChI is InChI=1S/C14H11ClO2/c15-13-7-3-1-6-12(13)10-17-14-8-4-2-5-11(14)9-16/h1-9H,10H2. The van der Waals surface area contributed by atoms with E-state index in [1.165, 1.54) is 0 Å². The van der Waals surface area contributed by atoms with E-state index >= 15 is 0 Å². The van der Waals surface area contributed by atoms with Gasteiger partial charge in [0, 0.05) is 10.6 Å². The topological polar surface area (TPSA) is 26.3 Å². The molecule has 0 atom stereocenters. The van der Waals surface area contributed by atoms with E-state index in [1.807, 2.05) is 30.3 Å². The number of carbonyl (C=O) groups is 1. The SMILES string of the molecule is O=Cc1ccccc1OCc1ccccc1Cl. The number of hydrogen-bond acceptors (Lipinski definition) is 2. The predicted molar refractivity (Wildman–Crippen MR) is 67.6 cm³/mol. The van der Waals surface area contributed by atoms with E-state index in [9.17, 15) is 4.79 Å². The number of para-hydroxylation sites is 1. The summed E-state index contributed by atoms with van der Waals surface area (Å²) in [5.41, 5.74) is 1.44. The molecule has 17 heavy (non-hydrogen) atoms. The molecule has 0 saturated heterocycles. The Kier molecular flexibility index (Phi) is 3.78. The largest absolute Gasteiger partial charge is 0.488 e. The van der Waals surface area contributed by atoms with Crippen molar-refractivity contribution in [3.05, 3.63) is 64.7 Å². The molecule has 2 aromatic rings. The molecule has 0 aliphatic carbocycles. The smallest absolute Gasteiger partial charge is 0.153 e. The Labute approximate surface area is 105 Å². The molecule has 2 rings (SSSR count). The fourth-order valence-corrected chi connectivity index (χ4v) is 1.67. The number of carbonyl (C=O) groups excluding carboxylic acids is 1. The highest BCUT2D eigenvalue weighted by Gasteiger charge is 2.03. The van der Waals surface area contributed by atoms with Crippen LogP contribution in [-0.4, -0.2) is 6.29 Å². The molecule has 0 aliphatic rings. The summed E-state index contributed by atoms with van der Waals surface area (Å²) in [6.45, 7) is 0.352. The molecule has 2 aromatic carbocycles. The van der Waals surface area contributed by atoms with E-state index in [0.29, 0.717) is 22.9 Å². The number of benzene rings is 2. The zero-order valence-electron chi connectivity index (χ0n) is 9.10. The van der Waals surface area contributed by atoms with Crippen LogP contribution in [0.15, 0.2) is 48.5 Å². The van der Waals surface area contributed by atoms with Crippen LogP contribution in [0.1, 0.15) is 15.9 Å². The molecule has 0 unspecified atom stereocenters. The van der Waals surface area contributed by atoms with Crippen molar-refractivity contribution in [2.75, 3.05) is 0 Å². The summed E-state index contributed by atoms with van der Waals surface area (Å²) in [5, 5.41) is 0.663. The number of aldehydes is 1. The monoisotopic (exact) mass is 246 g/mol. The highest BCUT2D eigenvalue weighted by molar-refractivity contribution is 6.31. The summed E-state index contributed by atoms with van der Waals surface area (Å²) in [6, 6.07) is 14.6. The average Bonchev–Trinajstić information content (AvgIpc) is 2.38. The van der Waals surface area contributed by atoms with E-state index in [1.54, 1.807) is 18.2 Å². The van der Waals surface area contributed by atoms with Crippen molar-refractivity contribution in [1.82, 2.24) is 0 Å². The zero-order valence-corrected chi connectivity index (χ0v) is 9.85. The van der Waals surface area contributed by atoms with Crippen LogP contribution >= 0.6 is 11.6 Å². The van der Waals surface area contributed by atoms with Gasteiger partial charge in [-0.25, -0.2) is 0 Å². The summed E-state index contributed by atoms with van der Waals surface area (Å²) in [7, 11) is 0. The van der Waals surface area contributed by atoms with Crippen LogP contribution in [0.3, 0.4) is 0 Å². The van der Waals surface area contributed by atoms with Crippen LogP contribution < -0.4 is 4.74 Å². The quantitative estimate of drug-likeness (QED) is 0.769. The summed E-state index contributed by atoms with van der Waals surface area (Å²) in [6.07, 6.45) is 0.780. The highest BCUT2D eigenvalue weighted by atomic mass is 35.5. The maximum Gasteiger partial charge on any atom is 0.153 e. The zero-order chi connectivity index (χ0) is 12.1. The van der Waals surface area contributed by atoms with Crippen molar-refractivity contribution in [3.8, 4) is 5.75 Å². The highest BCUT2D eigenvalue weighted by Crippen LogP contribution is 2.20. The first kappa shape index (κ1) is 11.7. The Hall–Kier alpha value is -1.80. The maximum atomic E-state index is 10.8. The van der Waals surface area contributed by atoms with Gasteiger partial charge in [-0.15, -0.1) is 0 Å². The Balaban J connectivity index is 2.13. The van der Waals surface area contributed by atoms with Crippen LogP contribution in [0.25, 0.3) is 0 Å². The minimum absolute atomic E-state index is 0.352. The van der Waals surface area contributed by atoms with Gasteiger partial charge in [0.25, 0.3) is 0 Å². The Morgan fingerprint density at radius 1 is 1.06 bits per heavy atom. The first-order chi connectivity index (χ1) is 8.31. The Morgan fingerprint density at radius 3 is 2.53 bits per heavy atom. The first-order valence-electron chi connectivity index (χ1n) is 5.21. The molecule has 0 fully saturated rings. The fraction of sp³-hybridized carbons (Fsp3) is 0.0714. The van der Waals surface area contributed by atoms with Gasteiger partial charge >= 0.3 is 0 Å². The van der Waals surface area contributed by atoms with Crippen molar-refractivity contribution < 1.29 is 9.53 Å². The van der Waals surface area contributed by atoms with Crippen LogP contribution in [0, 0.1) is 0 Å². The van der Waals surface area contributed by atoms with E-state index in [4.69, 9.17) is 16.3 Å². The third-order valence-corrected chi connectivity index (χ3v) is 2.76. The van der Waals surface area contributed by atoms with E-state index < -0.39 is 0 Å². The van der Waals surface area contributed by atoms with Crippen LogP contribution in [0.5, 0.6) is 5.75 Å². The molecule has 0 aliphatic heterocycles. The van der Waals surface area contributed by atoms with E-state index in [0.717, 1.165) is 11.8 Å². The normalized spacial score (nSPS) is 9.94. The molecular formula is C14H11ClO2. The van der Waals surface area contributed by atoms with Crippen molar-refractivity contribution in [1.29, 1.82) is 0 Å². The van der Waals surface area contributed by atoms with Gasteiger partial charge in [0.05, 0.1) is 5.56 Å². The number of halogens is 1. The van der Waals surface area contributed by atoms with Crippen LogP contribution in [0.2, 0.25) is 5.02 Å². The van der Waals surface area contributed by atoms with Crippen LogP contribution in [0.4, 0.5) is 0 Å². The molecule has 0 saturated carbocycles. The second-order valence-electron chi connectivity index (χ2n) is 3.54. The van der Waals surface area contributed by atoms with Gasteiger partial charge in [0.2, 0.25) is 0 Å². The lowest BCUT2D eigenvalue weighted by molar-refractivity contribution is 0.111. The molecule has 86 valence electrons. The van der Waals surface area contributed by atoms with Gasteiger partial charge in [0.1, 0.15) is 12.4 Å². The molecule has 0 aromatic heterocycles. The minimum Gasteiger partial charge on any atom is -0.488 e. The average molecular weight is 247 g/mol. The lowest BCUT2D eigenvalue weighted by atomic mass is 10.2. The second-order valence-corrected chi connectivity index (χ2v) is 3.94. The molecule has 0 radical (unpaired) electrons. The van der Waals surface area contributed by atoms with Gasteiger partial charge in [-0.1, -0.05) is 41.9 Å². The summed E-state index contributed by atoms with van der Waals surface area (Å²) >= 11 is 6.01. The third kappa shape index (κ3) is 2.86. The number of ether oxygens (including phenoxy) is 1. The Bertz CT molecular complexity index is 523. The first-order valence-corrected chi connectivity index (χ1v) is 5.59. The summed E-state index contributed by atoms with van der Waals surface area (Å²) in [4.78, 5) is 10.8. The molecule has 0 heterocycles. The molecule has 3 heteroatoms. The lowest BCUT2D eigenvalue weighted by Crippen LogP contribution is -1.98.